The number of carbonyl (C=O) groups is 1. The van der Waals surface area contributed by atoms with Crippen molar-refractivity contribution in [1.29, 1.82) is 0 Å². The van der Waals surface area contributed by atoms with E-state index in [1.807, 2.05) is 24.0 Å². The highest BCUT2D eigenvalue weighted by molar-refractivity contribution is 7.13. The summed E-state index contributed by atoms with van der Waals surface area (Å²) in [6.07, 6.45) is 0.965. The molecular weight excluding hydrogens is 230 g/mol. The number of alkyl halides is 1. The Balaban J connectivity index is 2.71. The molecule has 15 heavy (non-hydrogen) atoms. The monoisotopic (exact) mass is 245 g/mol. The Kier molecular flexibility index (Phi) is 5.12. The summed E-state index contributed by atoms with van der Waals surface area (Å²) in [4.78, 5) is 15.8. The third-order valence-corrected chi connectivity index (χ3v) is 3.24. The van der Waals surface area contributed by atoms with Crippen molar-refractivity contribution in [2.75, 3.05) is 19.0 Å². The van der Waals surface area contributed by atoms with Crippen molar-refractivity contribution in [3.05, 3.63) is 21.9 Å². The average Bonchev–Trinajstić information content (AvgIpc) is 2.63. The normalized spacial score (nSPS) is 10.3. The second-order valence-corrected chi connectivity index (χ2v) is 5.06. The summed E-state index contributed by atoms with van der Waals surface area (Å²) in [5.74, 6) is 0.603. The summed E-state index contributed by atoms with van der Waals surface area (Å²) >= 11 is 7.22. The minimum absolute atomic E-state index is 0.107. The van der Waals surface area contributed by atoms with E-state index in [-0.39, 0.29) is 5.91 Å². The van der Waals surface area contributed by atoms with Gasteiger partial charge in [0.05, 0.1) is 4.88 Å². The number of nitrogens with zero attached hydrogens (tertiary/aromatic N) is 1. The smallest absolute Gasteiger partial charge is 0.263 e. The average molecular weight is 246 g/mol. The van der Waals surface area contributed by atoms with Crippen LogP contribution in [0.2, 0.25) is 0 Å². The first-order valence-electron chi connectivity index (χ1n) is 5.10. The van der Waals surface area contributed by atoms with E-state index in [1.54, 1.807) is 11.3 Å². The SMILES string of the molecule is CCCN(CCCl)C(=O)c1ccc(C)s1. The van der Waals surface area contributed by atoms with E-state index < -0.39 is 0 Å². The number of halogens is 1. The van der Waals surface area contributed by atoms with Crippen LogP contribution in [0, 0.1) is 6.92 Å². The van der Waals surface area contributed by atoms with Gasteiger partial charge in [0.2, 0.25) is 0 Å². The number of hydrogen-bond donors (Lipinski definition) is 0. The van der Waals surface area contributed by atoms with Crippen molar-refractivity contribution in [2.24, 2.45) is 0 Å². The Labute approximate surface area is 99.9 Å². The van der Waals surface area contributed by atoms with Gasteiger partial charge in [-0.3, -0.25) is 4.79 Å². The molecule has 1 rings (SSSR count). The molecule has 0 spiro atoms. The van der Waals surface area contributed by atoms with Crippen LogP contribution in [0.3, 0.4) is 0 Å². The predicted octanol–water partition coefficient (Wildman–Crippen LogP) is 3.15. The number of amides is 1. The molecule has 2 nitrogen and oxygen atoms in total. The van der Waals surface area contributed by atoms with Crippen molar-refractivity contribution >= 4 is 28.8 Å². The van der Waals surface area contributed by atoms with Gasteiger partial charge in [-0.2, -0.15) is 0 Å². The molecule has 1 aromatic rings. The zero-order valence-electron chi connectivity index (χ0n) is 9.12. The van der Waals surface area contributed by atoms with E-state index in [1.165, 1.54) is 4.88 Å². The van der Waals surface area contributed by atoms with Crippen LogP contribution in [-0.4, -0.2) is 29.8 Å². The Morgan fingerprint density at radius 2 is 2.20 bits per heavy atom. The van der Waals surface area contributed by atoms with Gasteiger partial charge in [0.1, 0.15) is 0 Å². The van der Waals surface area contributed by atoms with Crippen LogP contribution in [0.1, 0.15) is 27.9 Å². The second kappa shape index (κ2) is 6.13. The standard InChI is InChI=1S/C11H16ClNOS/c1-3-7-13(8-6-12)11(14)10-5-4-9(2)15-10/h4-5H,3,6-8H2,1-2H3. The molecular formula is C11H16ClNOS. The highest BCUT2D eigenvalue weighted by Gasteiger charge is 2.15. The lowest BCUT2D eigenvalue weighted by atomic mass is 10.3. The van der Waals surface area contributed by atoms with Crippen LogP contribution in [0.25, 0.3) is 0 Å². The number of aryl methyl sites for hydroxylation is 1. The number of rotatable bonds is 5. The van der Waals surface area contributed by atoms with Gasteiger partial charge in [0.25, 0.3) is 5.91 Å². The summed E-state index contributed by atoms with van der Waals surface area (Å²) in [6.45, 7) is 5.48. The van der Waals surface area contributed by atoms with Gasteiger partial charge in [-0.1, -0.05) is 6.92 Å². The van der Waals surface area contributed by atoms with Crippen molar-refractivity contribution in [3.8, 4) is 0 Å². The highest BCUT2D eigenvalue weighted by atomic mass is 35.5. The zero-order chi connectivity index (χ0) is 11.3. The fourth-order valence-corrected chi connectivity index (χ4v) is 2.43. The van der Waals surface area contributed by atoms with E-state index in [2.05, 4.69) is 6.92 Å². The minimum Gasteiger partial charge on any atom is -0.337 e. The molecule has 4 heteroatoms. The molecule has 0 unspecified atom stereocenters. The van der Waals surface area contributed by atoms with Crippen LogP contribution >= 0.6 is 22.9 Å². The number of carbonyl (C=O) groups excluding carboxylic acids is 1. The topological polar surface area (TPSA) is 20.3 Å². The van der Waals surface area contributed by atoms with E-state index in [0.717, 1.165) is 17.8 Å². The second-order valence-electron chi connectivity index (χ2n) is 3.39. The van der Waals surface area contributed by atoms with Gasteiger partial charge in [-0.15, -0.1) is 22.9 Å². The predicted molar refractivity (Wildman–Crippen MR) is 66.0 cm³/mol. The molecule has 0 aliphatic heterocycles. The molecule has 0 aliphatic rings. The largest absolute Gasteiger partial charge is 0.337 e. The lowest BCUT2D eigenvalue weighted by Crippen LogP contribution is -2.32. The molecule has 0 fully saturated rings. The molecule has 0 bridgehead atoms. The number of thiophene rings is 1. The Morgan fingerprint density at radius 1 is 1.47 bits per heavy atom. The Hall–Kier alpha value is -0.540. The van der Waals surface area contributed by atoms with Crippen molar-refractivity contribution in [2.45, 2.75) is 20.3 Å². The molecule has 0 aromatic carbocycles. The van der Waals surface area contributed by atoms with Crippen LogP contribution in [0.5, 0.6) is 0 Å². The number of hydrogen-bond acceptors (Lipinski definition) is 2. The quantitative estimate of drug-likeness (QED) is 0.730. The van der Waals surface area contributed by atoms with Crippen LogP contribution < -0.4 is 0 Å². The van der Waals surface area contributed by atoms with Gasteiger partial charge in [0.15, 0.2) is 0 Å². The summed E-state index contributed by atoms with van der Waals surface area (Å²) in [5.41, 5.74) is 0. The maximum absolute atomic E-state index is 12.0. The molecule has 1 aromatic heterocycles. The Morgan fingerprint density at radius 3 is 2.67 bits per heavy atom. The van der Waals surface area contributed by atoms with Gasteiger partial charge >= 0.3 is 0 Å². The molecule has 0 N–H and O–H groups in total. The lowest BCUT2D eigenvalue weighted by molar-refractivity contribution is 0.0770. The molecule has 0 radical (unpaired) electrons. The van der Waals surface area contributed by atoms with E-state index >= 15 is 0 Å². The third-order valence-electron chi connectivity index (χ3n) is 2.09. The van der Waals surface area contributed by atoms with Gasteiger partial charge in [-0.05, 0) is 25.5 Å². The van der Waals surface area contributed by atoms with Gasteiger partial charge < -0.3 is 4.90 Å². The van der Waals surface area contributed by atoms with Gasteiger partial charge in [-0.25, -0.2) is 0 Å². The first kappa shape index (κ1) is 12.5. The summed E-state index contributed by atoms with van der Waals surface area (Å²) in [7, 11) is 0. The minimum atomic E-state index is 0.107. The summed E-state index contributed by atoms with van der Waals surface area (Å²) < 4.78 is 0. The van der Waals surface area contributed by atoms with Crippen LogP contribution in [-0.2, 0) is 0 Å². The maximum Gasteiger partial charge on any atom is 0.263 e. The third kappa shape index (κ3) is 3.50. The molecule has 1 heterocycles. The summed E-state index contributed by atoms with van der Waals surface area (Å²) in [5, 5.41) is 0. The molecule has 84 valence electrons. The van der Waals surface area contributed by atoms with Gasteiger partial charge in [0, 0.05) is 23.8 Å². The first-order valence-corrected chi connectivity index (χ1v) is 6.45. The molecule has 1 amide bonds. The van der Waals surface area contributed by atoms with Crippen LogP contribution in [0.15, 0.2) is 12.1 Å². The van der Waals surface area contributed by atoms with Crippen molar-refractivity contribution in [1.82, 2.24) is 4.90 Å². The molecule has 0 atom stereocenters. The zero-order valence-corrected chi connectivity index (χ0v) is 10.7. The molecule has 0 saturated carbocycles. The highest BCUT2D eigenvalue weighted by Crippen LogP contribution is 2.17. The fourth-order valence-electron chi connectivity index (χ4n) is 1.39. The van der Waals surface area contributed by atoms with E-state index in [9.17, 15) is 4.79 Å². The van der Waals surface area contributed by atoms with Crippen molar-refractivity contribution < 1.29 is 4.79 Å². The van der Waals surface area contributed by atoms with E-state index in [4.69, 9.17) is 11.6 Å². The van der Waals surface area contributed by atoms with E-state index in [0.29, 0.717) is 12.4 Å². The molecule has 0 aliphatic carbocycles. The maximum atomic E-state index is 12.0. The summed E-state index contributed by atoms with van der Waals surface area (Å²) in [6, 6.07) is 3.86. The van der Waals surface area contributed by atoms with Crippen molar-refractivity contribution in [3.63, 3.8) is 0 Å². The first-order chi connectivity index (χ1) is 7.19. The molecule has 0 saturated heterocycles. The van der Waals surface area contributed by atoms with Crippen LogP contribution in [0.4, 0.5) is 0 Å². The fraction of sp³-hybridized carbons (Fsp3) is 0.545. The lowest BCUT2D eigenvalue weighted by Gasteiger charge is -2.19. The Bertz CT molecular complexity index is 318.